The van der Waals surface area contributed by atoms with Gasteiger partial charge < -0.3 is 20.9 Å². The highest BCUT2D eigenvalue weighted by atomic mass is 32.2. The molecule has 0 heterocycles. The number of anilines is 2. The summed E-state index contributed by atoms with van der Waals surface area (Å²) in [6, 6.07) is 26.3. The Kier molecular flexibility index (Phi) is 12.5. The van der Waals surface area contributed by atoms with Crippen LogP contribution >= 0.6 is 0 Å². The quantitative estimate of drug-likeness (QED) is 0.117. The molecule has 0 bridgehead atoms. The molecule has 0 radical (unpaired) electrons. The van der Waals surface area contributed by atoms with Gasteiger partial charge in [-0.25, -0.2) is 8.42 Å². The van der Waals surface area contributed by atoms with Crippen molar-refractivity contribution in [3.63, 3.8) is 0 Å². The minimum absolute atomic E-state index is 0.330. The van der Waals surface area contributed by atoms with Crippen molar-refractivity contribution in [1.82, 2.24) is 0 Å². The first kappa shape index (κ1) is 44.7. The lowest BCUT2D eigenvalue weighted by Crippen LogP contribution is -2.54. The number of halogens is 12. The van der Waals surface area contributed by atoms with Gasteiger partial charge in [0.15, 0.2) is 0 Å². The summed E-state index contributed by atoms with van der Waals surface area (Å²) in [5.74, 6) is -1.66. The molecule has 6 aromatic rings. The summed E-state index contributed by atoms with van der Waals surface area (Å²) in [7, 11) is -3.34. The lowest BCUT2D eigenvalue weighted by molar-refractivity contribution is -0.288. The van der Waals surface area contributed by atoms with Crippen LogP contribution < -0.4 is 20.9 Å². The molecule has 6 aromatic carbocycles. The van der Waals surface area contributed by atoms with E-state index in [0.717, 1.165) is 24.3 Å². The maximum absolute atomic E-state index is 14.5. The van der Waals surface area contributed by atoms with Crippen LogP contribution in [0.1, 0.15) is 22.3 Å². The second-order valence-corrected chi connectivity index (χ2v) is 14.6. The average Bonchev–Trinajstić information content (AvgIpc) is 3.17. The summed E-state index contributed by atoms with van der Waals surface area (Å²) < 4.78 is 200. The lowest BCUT2D eigenvalue weighted by atomic mass is 9.73. The van der Waals surface area contributed by atoms with Crippen molar-refractivity contribution < 1.29 is 70.6 Å². The number of nitrogens with two attached hydrogens (primary N) is 2. The van der Waals surface area contributed by atoms with Crippen molar-refractivity contribution >= 4 is 21.2 Å². The van der Waals surface area contributed by atoms with Gasteiger partial charge in [0.2, 0.25) is 15.3 Å². The van der Waals surface area contributed by atoms with Gasteiger partial charge in [-0.15, -0.1) is 0 Å². The Labute approximate surface area is 333 Å². The van der Waals surface area contributed by atoms with Gasteiger partial charge in [0, 0.05) is 11.4 Å². The zero-order valence-electron chi connectivity index (χ0n) is 30.1. The van der Waals surface area contributed by atoms with E-state index in [1.807, 2.05) is 0 Å². The van der Waals surface area contributed by atoms with Crippen molar-refractivity contribution in [2.45, 2.75) is 39.9 Å². The van der Waals surface area contributed by atoms with Crippen LogP contribution in [0.15, 0.2) is 155 Å². The summed E-state index contributed by atoms with van der Waals surface area (Å²) in [6.07, 6.45) is -21.7. The highest BCUT2D eigenvalue weighted by Crippen LogP contribution is 2.56. The van der Waals surface area contributed by atoms with Gasteiger partial charge in [-0.3, -0.25) is 0 Å². The molecule has 0 aliphatic rings. The fourth-order valence-corrected chi connectivity index (χ4v) is 7.13. The van der Waals surface area contributed by atoms with E-state index in [2.05, 4.69) is 0 Å². The van der Waals surface area contributed by atoms with Gasteiger partial charge in [-0.1, -0.05) is 60.7 Å². The molecule has 6 nitrogen and oxygen atoms in total. The van der Waals surface area contributed by atoms with Crippen molar-refractivity contribution in [2.75, 3.05) is 11.5 Å². The number of rotatable bonds is 8. The van der Waals surface area contributed by atoms with E-state index < -0.39 is 85.1 Å². The van der Waals surface area contributed by atoms with E-state index in [0.29, 0.717) is 70.5 Å². The smallest absolute Gasteiger partial charge is 0.418 e. The largest absolute Gasteiger partial charge is 0.457 e. The molecule has 0 saturated carbocycles. The molecule has 0 aliphatic heterocycles. The molecule has 6 rings (SSSR count). The van der Waals surface area contributed by atoms with Crippen molar-refractivity contribution in [1.29, 1.82) is 0 Å². The van der Waals surface area contributed by atoms with Gasteiger partial charge in [0.05, 0.1) is 20.9 Å². The SMILES string of the molecule is Nc1ccc(Oc2ccc(C(c3ccc(Oc4ccc(N)c(C(F)(F)F)c4)cc3)(C(F)(F)F)C(F)(F)F)cc2)cc1C(F)(F)F.O=S(=O)(c1ccccc1)c1ccccc1. The van der Waals surface area contributed by atoms with Crippen LogP contribution in [0.3, 0.4) is 0 Å². The number of alkyl halides is 12. The summed E-state index contributed by atoms with van der Waals surface area (Å²) in [4.78, 5) is 0.660. The summed E-state index contributed by atoms with van der Waals surface area (Å²) >= 11 is 0. The topological polar surface area (TPSA) is 105 Å². The first-order valence-electron chi connectivity index (χ1n) is 16.8. The molecule has 316 valence electrons. The van der Waals surface area contributed by atoms with Crippen LogP contribution in [-0.2, 0) is 27.6 Å². The Bertz CT molecular complexity index is 2340. The van der Waals surface area contributed by atoms with E-state index >= 15 is 0 Å². The monoisotopic (exact) mass is 872 g/mol. The Morgan fingerprint density at radius 2 is 0.700 bits per heavy atom. The zero-order chi connectivity index (χ0) is 44.3. The predicted molar refractivity (Wildman–Crippen MR) is 196 cm³/mol. The Balaban J connectivity index is 0.000000379. The van der Waals surface area contributed by atoms with Gasteiger partial charge in [0.1, 0.15) is 23.0 Å². The van der Waals surface area contributed by atoms with E-state index in [4.69, 9.17) is 20.9 Å². The fourth-order valence-electron chi connectivity index (χ4n) is 5.82. The van der Waals surface area contributed by atoms with Crippen LogP contribution in [0.25, 0.3) is 0 Å². The van der Waals surface area contributed by atoms with Gasteiger partial charge in [-0.2, -0.15) is 52.7 Å². The molecule has 0 unspecified atom stereocenters. The van der Waals surface area contributed by atoms with E-state index in [1.54, 1.807) is 60.7 Å². The second kappa shape index (κ2) is 16.7. The standard InChI is InChI=1S/C29H18F12N2O2.C12H10O2S/c30-26(31,32)21-13-19(9-11-23(21)42)44-17-5-1-15(2-6-17)25(28(36,37)38,29(39,40)41)16-3-7-18(8-4-16)45-20-10-12-24(43)22(14-20)27(33,34)35;13-15(14,11-7-3-1-4-8-11)12-9-5-2-6-10-12/h1-14H,42-43H2;1-10H. The zero-order valence-corrected chi connectivity index (χ0v) is 30.9. The van der Waals surface area contributed by atoms with E-state index in [-0.39, 0.29) is 11.5 Å². The molecular formula is C41H28F12N2O4S. The predicted octanol–water partition coefficient (Wildman–Crippen LogP) is 12.4. The highest BCUT2D eigenvalue weighted by Gasteiger charge is 2.72. The molecule has 0 aliphatic carbocycles. The minimum Gasteiger partial charge on any atom is -0.457 e. The maximum Gasteiger partial charge on any atom is 0.418 e. The summed E-state index contributed by atoms with van der Waals surface area (Å²) in [6.45, 7) is 0. The lowest BCUT2D eigenvalue weighted by Gasteiger charge is -2.38. The Hall–Kier alpha value is -6.37. The molecule has 0 aromatic heterocycles. The molecule has 0 amide bonds. The normalized spacial score (nSPS) is 12.6. The van der Waals surface area contributed by atoms with Crippen LogP contribution in [0.4, 0.5) is 64.1 Å². The third kappa shape index (κ3) is 9.56. The molecule has 19 heteroatoms. The number of benzene rings is 6. The number of hydrogen-bond donors (Lipinski definition) is 2. The third-order valence-corrected chi connectivity index (χ3v) is 10.4. The third-order valence-electron chi connectivity index (χ3n) is 8.66. The molecule has 4 N–H and O–H groups in total. The Morgan fingerprint density at radius 1 is 0.400 bits per heavy atom. The van der Waals surface area contributed by atoms with Crippen LogP contribution in [0.5, 0.6) is 23.0 Å². The van der Waals surface area contributed by atoms with Crippen molar-refractivity contribution in [3.05, 3.63) is 168 Å². The molecule has 0 atom stereocenters. The van der Waals surface area contributed by atoms with Crippen LogP contribution in [0, 0.1) is 0 Å². The Morgan fingerprint density at radius 3 is 0.983 bits per heavy atom. The van der Waals surface area contributed by atoms with Crippen molar-refractivity contribution in [2.24, 2.45) is 0 Å². The number of ether oxygens (including phenoxy) is 2. The van der Waals surface area contributed by atoms with Gasteiger partial charge in [0.25, 0.3) is 0 Å². The summed E-state index contributed by atoms with van der Waals surface area (Å²) in [5.41, 5.74) is -0.449. The van der Waals surface area contributed by atoms with Crippen LogP contribution in [0.2, 0.25) is 0 Å². The fraction of sp³-hybridized carbons (Fsp3) is 0.122. The summed E-state index contributed by atoms with van der Waals surface area (Å²) in [5, 5.41) is 0. The molecule has 0 spiro atoms. The van der Waals surface area contributed by atoms with Gasteiger partial charge >= 0.3 is 24.7 Å². The maximum atomic E-state index is 14.5. The number of hydrogen-bond acceptors (Lipinski definition) is 6. The molecule has 60 heavy (non-hydrogen) atoms. The van der Waals surface area contributed by atoms with E-state index in [1.165, 1.54) is 0 Å². The number of nitrogen functional groups attached to an aromatic ring is 2. The first-order valence-corrected chi connectivity index (χ1v) is 18.3. The van der Waals surface area contributed by atoms with Crippen molar-refractivity contribution in [3.8, 4) is 23.0 Å². The second-order valence-electron chi connectivity index (χ2n) is 12.6. The van der Waals surface area contributed by atoms with Crippen LogP contribution in [-0.4, -0.2) is 20.8 Å². The minimum atomic E-state index is -5.99. The molecular weight excluding hydrogens is 845 g/mol. The highest BCUT2D eigenvalue weighted by molar-refractivity contribution is 7.91. The first-order chi connectivity index (χ1) is 27.9. The van der Waals surface area contributed by atoms with Gasteiger partial charge in [-0.05, 0) is 96.1 Å². The molecule has 0 saturated heterocycles. The number of sulfone groups is 1. The average molecular weight is 873 g/mol. The molecule has 0 fully saturated rings. The van der Waals surface area contributed by atoms with E-state index in [9.17, 15) is 61.1 Å².